The number of H-pyrrole nitrogens is 1. The number of nitrogens with one attached hydrogen (secondary N) is 1. The van der Waals surface area contributed by atoms with Gasteiger partial charge >= 0.3 is 0 Å². The number of para-hydroxylation sites is 1. The summed E-state index contributed by atoms with van der Waals surface area (Å²) < 4.78 is 54.0. The highest BCUT2D eigenvalue weighted by atomic mass is 32.2. The number of aromatic amines is 1. The van der Waals surface area contributed by atoms with Crippen LogP contribution in [0.5, 0.6) is 0 Å². The smallest absolute Gasteiger partial charge is 0.244 e. The fourth-order valence-electron chi connectivity index (χ4n) is 3.75. The molecule has 0 bridgehead atoms. The molecule has 33 heavy (non-hydrogen) atoms. The van der Waals surface area contributed by atoms with Crippen molar-refractivity contribution in [2.45, 2.75) is 15.8 Å². The van der Waals surface area contributed by atoms with Gasteiger partial charge in [-0.2, -0.15) is 9.52 Å². The van der Waals surface area contributed by atoms with Crippen molar-refractivity contribution in [2.75, 3.05) is 18.8 Å². The number of aromatic nitrogens is 5. The molecule has 172 valence electrons. The zero-order valence-electron chi connectivity index (χ0n) is 16.7. The number of primary sulfonamides is 1. The zero-order valence-corrected chi connectivity index (χ0v) is 19.2. The molecule has 2 aromatic carbocycles. The minimum absolute atomic E-state index is 0.0586. The van der Waals surface area contributed by atoms with Gasteiger partial charge < -0.3 is 11.5 Å². The predicted octanol–water partition coefficient (Wildman–Crippen LogP) is -0.295. The van der Waals surface area contributed by atoms with Crippen molar-refractivity contribution < 1.29 is 16.8 Å². The Morgan fingerprint density at radius 1 is 1.09 bits per heavy atom. The molecule has 0 atom stereocenters. The third kappa shape index (κ3) is 3.56. The van der Waals surface area contributed by atoms with Gasteiger partial charge in [-0.05, 0) is 22.9 Å². The largest absolute Gasteiger partial charge is 0.375 e. The summed E-state index contributed by atoms with van der Waals surface area (Å²) in [5, 5.41) is 19.5. The summed E-state index contributed by atoms with van der Waals surface area (Å²) in [5.41, 5.74) is 12.8. The Kier molecular flexibility index (Phi) is 4.96. The van der Waals surface area contributed by atoms with E-state index in [1.54, 1.807) is 12.1 Å². The molecule has 5 rings (SSSR count). The molecule has 3 heterocycles. The number of hydrogen-bond donors (Lipinski definition) is 4. The van der Waals surface area contributed by atoms with Crippen LogP contribution in [-0.2, 0) is 20.0 Å². The van der Waals surface area contributed by atoms with Gasteiger partial charge in [0.05, 0.1) is 15.8 Å². The monoisotopic (exact) mass is 507 g/mol. The van der Waals surface area contributed by atoms with Gasteiger partial charge in [0.2, 0.25) is 25.9 Å². The molecule has 1 saturated heterocycles. The average Bonchev–Trinajstić information content (AvgIpc) is 3.38. The van der Waals surface area contributed by atoms with Crippen LogP contribution in [0.3, 0.4) is 0 Å². The molecule has 7 N–H and O–H groups in total. The minimum Gasteiger partial charge on any atom is -0.375 e. The Hall–Kier alpha value is -3.02. The molecule has 0 unspecified atom stereocenters. The molecule has 16 heteroatoms. The summed E-state index contributed by atoms with van der Waals surface area (Å²) in [6.45, 7) is 0.117. The van der Waals surface area contributed by atoms with E-state index < -0.39 is 29.8 Å². The van der Waals surface area contributed by atoms with Crippen LogP contribution in [-0.4, -0.2) is 65.9 Å². The number of anilines is 1. The fraction of sp³-hybridized carbons (Fsp3) is 0.176. The van der Waals surface area contributed by atoms with E-state index in [1.165, 1.54) is 23.5 Å². The Labute approximate surface area is 191 Å². The molecule has 4 aromatic rings. The molecule has 2 aromatic heterocycles. The van der Waals surface area contributed by atoms with E-state index in [2.05, 4.69) is 25.6 Å². The summed E-state index contributed by atoms with van der Waals surface area (Å²) in [7, 11) is -8.81. The average molecular weight is 508 g/mol. The summed E-state index contributed by atoms with van der Waals surface area (Å²) >= 11 is 1.26. The number of thiazole rings is 1. The van der Waals surface area contributed by atoms with Gasteiger partial charge in [-0.3, -0.25) is 0 Å². The number of fused-ring (bicyclic) bond motifs is 1. The van der Waals surface area contributed by atoms with Gasteiger partial charge in [0.15, 0.2) is 5.13 Å². The van der Waals surface area contributed by atoms with E-state index in [9.17, 15) is 16.8 Å². The van der Waals surface area contributed by atoms with Gasteiger partial charge in [-0.1, -0.05) is 29.5 Å². The maximum Gasteiger partial charge on any atom is 0.244 e. The predicted molar refractivity (Wildman–Crippen MR) is 121 cm³/mol. The lowest BCUT2D eigenvalue weighted by Crippen LogP contribution is -2.57. The van der Waals surface area contributed by atoms with Crippen LogP contribution in [0.25, 0.3) is 32.7 Å². The molecule has 13 nitrogen and oxygen atoms in total. The molecule has 0 spiro atoms. The van der Waals surface area contributed by atoms with Crippen LogP contribution in [0, 0.1) is 0 Å². The van der Waals surface area contributed by atoms with Gasteiger partial charge in [0, 0.05) is 24.7 Å². The highest BCUT2D eigenvalue weighted by Crippen LogP contribution is 2.42. The van der Waals surface area contributed by atoms with E-state index in [0.717, 1.165) is 9.01 Å². The van der Waals surface area contributed by atoms with Crippen molar-refractivity contribution in [3.63, 3.8) is 0 Å². The molecule has 1 aliphatic heterocycles. The molecule has 0 saturated carbocycles. The third-order valence-corrected chi connectivity index (χ3v) is 9.04. The van der Waals surface area contributed by atoms with Crippen LogP contribution < -0.4 is 16.6 Å². The molecular formula is C17H17N9O4S3. The van der Waals surface area contributed by atoms with Crippen LogP contribution in [0.2, 0.25) is 0 Å². The lowest BCUT2D eigenvalue weighted by atomic mass is 9.98. The number of benzene rings is 2. The van der Waals surface area contributed by atoms with Crippen molar-refractivity contribution in [1.82, 2.24) is 29.9 Å². The maximum atomic E-state index is 13.3. The Morgan fingerprint density at radius 3 is 2.48 bits per heavy atom. The highest BCUT2D eigenvalue weighted by molar-refractivity contribution is 7.92. The number of nitrogens with zero attached hydrogens (tertiary/aromatic N) is 5. The normalized spacial score (nSPS) is 15.7. The van der Waals surface area contributed by atoms with Crippen LogP contribution in [0.1, 0.15) is 0 Å². The molecule has 1 fully saturated rings. The highest BCUT2D eigenvalue weighted by Gasteiger charge is 2.39. The lowest BCUT2D eigenvalue weighted by molar-refractivity contribution is 0.265. The Morgan fingerprint density at radius 2 is 1.85 bits per heavy atom. The van der Waals surface area contributed by atoms with Gasteiger partial charge in [0.25, 0.3) is 0 Å². The van der Waals surface area contributed by atoms with E-state index in [1.807, 2.05) is 6.07 Å². The third-order valence-electron chi connectivity index (χ3n) is 5.19. The molecule has 0 radical (unpaired) electrons. The van der Waals surface area contributed by atoms with E-state index >= 15 is 0 Å². The molecular weight excluding hydrogens is 490 g/mol. The van der Waals surface area contributed by atoms with Crippen LogP contribution in [0.15, 0.2) is 40.1 Å². The second-order valence-corrected chi connectivity index (χ2v) is 11.8. The van der Waals surface area contributed by atoms with Crippen molar-refractivity contribution in [2.24, 2.45) is 10.9 Å². The lowest BCUT2D eigenvalue weighted by Gasteiger charge is -2.36. The van der Waals surface area contributed by atoms with Crippen molar-refractivity contribution >= 4 is 46.7 Å². The second kappa shape index (κ2) is 7.51. The van der Waals surface area contributed by atoms with Crippen LogP contribution in [0.4, 0.5) is 5.13 Å². The molecule has 0 amide bonds. The number of sulfonamides is 2. The number of rotatable bonds is 5. The fourth-order valence-corrected chi connectivity index (χ4v) is 7.64. The number of tetrazole rings is 1. The summed E-state index contributed by atoms with van der Waals surface area (Å²) in [6, 6.07) is 7.60. The van der Waals surface area contributed by atoms with Crippen molar-refractivity contribution in [1.29, 1.82) is 0 Å². The minimum atomic E-state index is -4.58. The van der Waals surface area contributed by atoms with Crippen molar-refractivity contribution in [3.8, 4) is 22.5 Å². The molecule has 1 aliphatic rings. The standard InChI is InChI=1S/C17H17N9O4S3/c18-8-6-26(7-8)33(29,30)12-5-4-9(10-2-1-3-11-14(10)21-17(19)31-11)13(15(12)32(20,27)28)16-22-24-25-23-16/h1-5,8H,6-7,18H2,(H2,19,21)(H2,20,27,28)(H,22,23,24,25). The van der Waals surface area contributed by atoms with Crippen molar-refractivity contribution in [3.05, 3.63) is 30.3 Å². The summed E-state index contributed by atoms with van der Waals surface area (Å²) in [5.74, 6) is -0.147. The number of hydrogen-bond acceptors (Lipinski definition) is 11. The van der Waals surface area contributed by atoms with Gasteiger partial charge in [-0.15, -0.1) is 10.2 Å². The summed E-state index contributed by atoms with van der Waals surface area (Å²) in [6.07, 6.45) is 0. The zero-order chi connectivity index (χ0) is 23.5. The maximum absolute atomic E-state index is 13.3. The first-order chi connectivity index (χ1) is 15.6. The number of nitrogens with two attached hydrogens (primary N) is 3. The number of nitrogen functional groups attached to an aromatic ring is 1. The molecule has 0 aliphatic carbocycles. The van der Waals surface area contributed by atoms with Crippen LogP contribution >= 0.6 is 11.3 Å². The van der Waals surface area contributed by atoms with E-state index in [0.29, 0.717) is 21.8 Å². The van der Waals surface area contributed by atoms with E-state index in [4.69, 9.17) is 16.6 Å². The SMILES string of the molecule is Nc1nc2c(-c3ccc(S(=O)(=O)N4CC(N)C4)c(S(N)(=O)=O)c3-c3nn[nH]n3)cccc2s1. The van der Waals surface area contributed by atoms with E-state index in [-0.39, 0.29) is 30.5 Å². The first-order valence-corrected chi connectivity index (χ1v) is 13.2. The Balaban J connectivity index is 1.88. The topological polar surface area (TPSA) is 217 Å². The first kappa shape index (κ1) is 21.8. The second-order valence-electron chi connectivity index (χ2n) is 7.38. The van der Waals surface area contributed by atoms with Gasteiger partial charge in [0.1, 0.15) is 9.79 Å². The quantitative estimate of drug-likeness (QED) is 0.276. The summed E-state index contributed by atoms with van der Waals surface area (Å²) in [4.78, 5) is 3.21. The van der Waals surface area contributed by atoms with Gasteiger partial charge in [-0.25, -0.2) is 27.0 Å². The Bertz CT molecular complexity index is 1590. The first-order valence-electron chi connectivity index (χ1n) is 9.42.